The number of fused-ring (bicyclic) bond motifs is 1. The summed E-state index contributed by atoms with van der Waals surface area (Å²) in [6, 6.07) is 14.0. The molecule has 1 aliphatic heterocycles. The molecule has 2 heterocycles. The summed E-state index contributed by atoms with van der Waals surface area (Å²) in [4.78, 5) is 42.2. The third-order valence-electron chi connectivity index (χ3n) is 4.40. The second-order valence-corrected chi connectivity index (χ2v) is 6.09. The molecule has 0 saturated heterocycles. The minimum atomic E-state index is -0.359. The van der Waals surface area contributed by atoms with Crippen LogP contribution < -0.4 is 5.32 Å². The van der Waals surface area contributed by atoms with E-state index in [0.717, 1.165) is 10.6 Å². The number of imide groups is 1. The molecule has 27 heavy (non-hydrogen) atoms. The molecule has 4 rings (SSSR count). The van der Waals surface area contributed by atoms with Crippen LogP contribution in [0.15, 0.2) is 67.3 Å². The summed E-state index contributed by atoms with van der Waals surface area (Å²) in [7, 11) is 0. The highest BCUT2D eigenvalue weighted by molar-refractivity contribution is 6.21. The first-order valence-electron chi connectivity index (χ1n) is 8.47. The Kier molecular flexibility index (Phi) is 4.25. The maximum atomic E-state index is 12.4. The van der Waals surface area contributed by atoms with Crippen LogP contribution in [0.1, 0.15) is 27.1 Å². The van der Waals surface area contributed by atoms with Gasteiger partial charge in [0.05, 0.1) is 28.8 Å². The lowest BCUT2D eigenvalue weighted by Crippen LogP contribution is -2.33. The second-order valence-electron chi connectivity index (χ2n) is 6.09. The number of amides is 3. The van der Waals surface area contributed by atoms with Gasteiger partial charge in [-0.1, -0.05) is 24.3 Å². The molecule has 0 fully saturated rings. The Labute approximate surface area is 155 Å². The van der Waals surface area contributed by atoms with Gasteiger partial charge in [-0.2, -0.15) is 0 Å². The Morgan fingerprint density at radius 2 is 1.63 bits per heavy atom. The van der Waals surface area contributed by atoms with E-state index in [1.165, 1.54) is 0 Å². The Morgan fingerprint density at radius 3 is 2.30 bits per heavy atom. The van der Waals surface area contributed by atoms with Gasteiger partial charge < -0.3 is 9.88 Å². The van der Waals surface area contributed by atoms with Crippen LogP contribution in [-0.4, -0.2) is 38.7 Å². The van der Waals surface area contributed by atoms with Crippen molar-refractivity contribution in [3.63, 3.8) is 0 Å². The van der Waals surface area contributed by atoms with Gasteiger partial charge in [0.15, 0.2) is 0 Å². The van der Waals surface area contributed by atoms with Crippen molar-refractivity contribution in [3.05, 3.63) is 78.4 Å². The zero-order valence-corrected chi connectivity index (χ0v) is 14.3. The summed E-state index contributed by atoms with van der Waals surface area (Å²) < 4.78 is 1.79. The number of benzene rings is 2. The Morgan fingerprint density at radius 1 is 0.963 bits per heavy atom. The highest BCUT2D eigenvalue weighted by atomic mass is 16.2. The summed E-state index contributed by atoms with van der Waals surface area (Å²) in [5, 5.41) is 2.84. The van der Waals surface area contributed by atoms with E-state index in [-0.39, 0.29) is 30.7 Å². The van der Waals surface area contributed by atoms with Crippen molar-refractivity contribution >= 4 is 23.4 Å². The molecule has 0 saturated carbocycles. The number of carbonyl (C=O) groups is 3. The van der Waals surface area contributed by atoms with Crippen molar-refractivity contribution in [2.75, 3.05) is 11.9 Å². The molecule has 1 N–H and O–H groups in total. The van der Waals surface area contributed by atoms with E-state index < -0.39 is 0 Å². The van der Waals surface area contributed by atoms with Crippen molar-refractivity contribution < 1.29 is 14.4 Å². The summed E-state index contributed by atoms with van der Waals surface area (Å²) in [5.41, 5.74) is 2.17. The average molecular weight is 360 g/mol. The molecular formula is C20H16N4O3. The molecule has 0 unspecified atom stereocenters. The quantitative estimate of drug-likeness (QED) is 0.709. The molecular weight excluding hydrogens is 344 g/mol. The maximum absolute atomic E-state index is 12.4. The van der Waals surface area contributed by atoms with Gasteiger partial charge in [-0.25, -0.2) is 4.98 Å². The summed E-state index contributed by atoms with van der Waals surface area (Å²) in [5.74, 6) is -0.997. The molecule has 3 amide bonds. The molecule has 134 valence electrons. The smallest absolute Gasteiger partial charge is 0.261 e. The molecule has 0 atom stereocenters. The topological polar surface area (TPSA) is 84.3 Å². The van der Waals surface area contributed by atoms with Crippen LogP contribution in [0.25, 0.3) is 5.69 Å². The number of nitrogens with one attached hydrogen (secondary N) is 1. The molecule has 0 radical (unpaired) electrons. The third-order valence-corrected chi connectivity index (χ3v) is 4.40. The zero-order valence-electron chi connectivity index (χ0n) is 14.3. The molecule has 1 aromatic heterocycles. The Balaban J connectivity index is 1.43. The number of hydrogen-bond donors (Lipinski definition) is 1. The van der Waals surface area contributed by atoms with Crippen LogP contribution in [0.2, 0.25) is 0 Å². The third kappa shape index (κ3) is 3.10. The molecule has 1 aliphatic rings. The van der Waals surface area contributed by atoms with Gasteiger partial charge in [-0.15, -0.1) is 0 Å². The van der Waals surface area contributed by atoms with E-state index in [1.54, 1.807) is 53.6 Å². The van der Waals surface area contributed by atoms with Crippen LogP contribution in [0.3, 0.4) is 0 Å². The average Bonchev–Trinajstić information content (AvgIpc) is 3.29. The number of aromatic nitrogens is 2. The van der Waals surface area contributed by atoms with E-state index in [9.17, 15) is 14.4 Å². The van der Waals surface area contributed by atoms with Gasteiger partial charge in [0.2, 0.25) is 5.91 Å². The van der Waals surface area contributed by atoms with Gasteiger partial charge >= 0.3 is 0 Å². The minimum absolute atomic E-state index is 0.0176. The predicted octanol–water partition coefficient (Wildman–Crippen LogP) is 2.50. The fourth-order valence-corrected chi connectivity index (χ4v) is 3.07. The van der Waals surface area contributed by atoms with Gasteiger partial charge in [-0.3, -0.25) is 19.3 Å². The van der Waals surface area contributed by atoms with Gasteiger partial charge in [0.1, 0.15) is 0 Å². The van der Waals surface area contributed by atoms with E-state index in [0.29, 0.717) is 16.8 Å². The molecule has 2 aromatic carbocycles. The van der Waals surface area contributed by atoms with Crippen molar-refractivity contribution in [1.82, 2.24) is 14.5 Å². The highest BCUT2D eigenvalue weighted by Crippen LogP contribution is 2.23. The lowest BCUT2D eigenvalue weighted by molar-refractivity contribution is -0.116. The van der Waals surface area contributed by atoms with Gasteiger partial charge in [0.25, 0.3) is 11.8 Å². The van der Waals surface area contributed by atoms with Crippen molar-refractivity contribution in [2.24, 2.45) is 0 Å². The maximum Gasteiger partial charge on any atom is 0.261 e. The van der Waals surface area contributed by atoms with Crippen molar-refractivity contribution in [1.29, 1.82) is 0 Å². The number of carbonyl (C=O) groups excluding carboxylic acids is 3. The molecule has 0 bridgehead atoms. The molecule has 3 aromatic rings. The van der Waals surface area contributed by atoms with Gasteiger partial charge in [-0.05, 0) is 24.3 Å². The van der Waals surface area contributed by atoms with E-state index in [1.807, 2.05) is 18.2 Å². The van der Waals surface area contributed by atoms with Crippen LogP contribution in [0.5, 0.6) is 0 Å². The summed E-state index contributed by atoms with van der Waals surface area (Å²) in [6.07, 6.45) is 5.10. The van der Waals surface area contributed by atoms with Crippen LogP contribution >= 0.6 is 0 Å². The van der Waals surface area contributed by atoms with Gasteiger partial charge in [0, 0.05) is 25.4 Å². The van der Waals surface area contributed by atoms with Crippen molar-refractivity contribution in [2.45, 2.75) is 6.42 Å². The highest BCUT2D eigenvalue weighted by Gasteiger charge is 2.34. The number of nitrogens with zero attached hydrogens (tertiary/aromatic N) is 3. The zero-order chi connectivity index (χ0) is 18.8. The van der Waals surface area contributed by atoms with Crippen LogP contribution in [-0.2, 0) is 4.79 Å². The SMILES string of the molecule is O=C(CCN1C(=O)c2ccccc2C1=O)Nc1ccccc1-n1ccnc1. The van der Waals surface area contributed by atoms with Crippen LogP contribution in [0, 0.1) is 0 Å². The Bertz CT molecular complexity index is 992. The van der Waals surface area contributed by atoms with Crippen molar-refractivity contribution in [3.8, 4) is 5.69 Å². The lowest BCUT2D eigenvalue weighted by Gasteiger charge is -2.15. The lowest BCUT2D eigenvalue weighted by atomic mass is 10.1. The number of imidazole rings is 1. The fourth-order valence-electron chi connectivity index (χ4n) is 3.07. The molecule has 7 heteroatoms. The largest absolute Gasteiger partial charge is 0.324 e. The fraction of sp³-hybridized carbons (Fsp3) is 0.100. The first-order chi connectivity index (χ1) is 13.1. The summed E-state index contributed by atoms with van der Waals surface area (Å²) >= 11 is 0. The predicted molar refractivity (Wildman–Crippen MR) is 98.6 cm³/mol. The number of rotatable bonds is 5. The Hall–Kier alpha value is -3.74. The first kappa shape index (κ1) is 16.7. The van der Waals surface area contributed by atoms with E-state index in [4.69, 9.17) is 0 Å². The van der Waals surface area contributed by atoms with E-state index >= 15 is 0 Å². The number of hydrogen-bond acceptors (Lipinski definition) is 4. The first-order valence-corrected chi connectivity index (χ1v) is 8.47. The molecule has 0 aliphatic carbocycles. The monoisotopic (exact) mass is 360 g/mol. The molecule has 0 spiro atoms. The standard InChI is InChI=1S/C20H16N4O3/c25-18(22-16-7-3-4-8-17(16)23-12-10-21-13-23)9-11-24-19(26)14-5-1-2-6-15(14)20(24)27/h1-8,10,12-13H,9,11H2,(H,22,25). The number of para-hydroxylation sites is 2. The number of anilines is 1. The minimum Gasteiger partial charge on any atom is -0.324 e. The van der Waals surface area contributed by atoms with E-state index in [2.05, 4.69) is 10.3 Å². The normalized spacial score (nSPS) is 13.0. The second kappa shape index (κ2) is 6.87. The van der Waals surface area contributed by atoms with Crippen LogP contribution in [0.4, 0.5) is 5.69 Å². The molecule has 7 nitrogen and oxygen atoms in total. The summed E-state index contributed by atoms with van der Waals surface area (Å²) in [6.45, 7) is 0.0332.